The van der Waals surface area contributed by atoms with Crippen LogP contribution in [0.15, 0.2) is 72.8 Å². The quantitative estimate of drug-likeness (QED) is 0.294. The van der Waals surface area contributed by atoms with Crippen molar-refractivity contribution in [2.24, 2.45) is 0 Å². The molecule has 2 aliphatic heterocycles. The number of benzene rings is 3. The van der Waals surface area contributed by atoms with Crippen LogP contribution in [0.3, 0.4) is 0 Å². The number of hydrogen-bond donors (Lipinski definition) is 3. The van der Waals surface area contributed by atoms with Gasteiger partial charge < -0.3 is 10.1 Å². The topological polar surface area (TPSA) is 96.5 Å². The number of sulfonamides is 1. The number of nitrogens with zero attached hydrogens (tertiary/aromatic N) is 1. The molecule has 2 heterocycles. The molecule has 3 aromatic rings. The minimum absolute atomic E-state index is 0.0233. The molecule has 41 heavy (non-hydrogen) atoms. The number of fused-ring (bicyclic) bond motifs is 2. The number of amides is 1. The van der Waals surface area contributed by atoms with Gasteiger partial charge in [0.25, 0.3) is 5.91 Å². The highest BCUT2D eigenvalue weighted by Gasteiger charge is 2.60. The molecule has 1 fully saturated rings. The van der Waals surface area contributed by atoms with Crippen LogP contribution in [0.1, 0.15) is 29.5 Å². The first-order valence-electron chi connectivity index (χ1n) is 13.6. The van der Waals surface area contributed by atoms with Gasteiger partial charge in [-0.1, -0.05) is 75.7 Å². The molecule has 1 saturated heterocycles. The Morgan fingerprint density at radius 1 is 1.00 bits per heavy atom. The third-order valence-corrected chi connectivity index (χ3v) is 9.98. The standard InChI is InChI=1S/C30H34Cl2N4O4S/c1-41(38,39)36(21-30(11-13-33-14-12-30)26-9-5-6-10-28(26)36)35-29(37)27(20-40-19-22-7-3-2-4-8-22)34-18-23-15-24(31)17-25(32)16-23/h2-10,15-17,27,33-34H,11-14,18-21H2,1H3/p+1. The highest BCUT2D eigenvalue weighted by atomic mass is 35.5. The number of carbonyl (C=O) groups is 1. The first-order chi connectivity index (χ1) is 19.6. The molecule has 0 bridgehead atoms. The summed E-state index contributed by atoms with van der Waals surface area (Å²) in [5.74, 6) is -0.475. The minimum atomic E-state index is -3.84. The molecule has 0 radical (unpaired) electrons. The Balaban J connectivity index is 1.43. The lowest BCUT2D eigenvalue weighted by atomic mass is 9.75. The van der Waals surface area contributed by atoms with Crippen LogP contribution >= 0.6 is 23.2 Å². The van der Waals surface area contributed by atoms with E-state index in [-0.39, 0.29) is 25.1 Å². The Morgan fingerprint density at radius 2 is 1.66 bits per heavy atom. The molecule has 218 valence electrons. The summed E-state index contributed by atoms with van der Waals surface area (Å²) in [5, 5.41) is 7.59. The monoisotopic (exact) mass is 617 g/mol. The van der Waals surface area contributed by atoms with Crippen molar-refractivity contribution in [2.75, 3.05) is 32.5 Å². The molecule has 2 atom stereocenters. The fourth-order valence-corrected chi connectivity index (χ4v) is 7.78. The van der Waals surface area contributed by atoms with Gasteiger partial charge in [0.1, 0.15) is 12.6 Å². The average molecular weight is 619 g/mol. The predicted molar refractivity (Wildman–Crippen MR) is 163 cm³/mol. The molecule has 1 spiro atoms. The third-order valence-electron chi connectivity index (χ3n) is 7.99. The zero-order valence-corrected chi connectivity index (χ0v) is 25.2. The summed E-state index contributed by atoms with van der Waals surface area (Å²) in [6.07, 6.45) is 2.76. The second-order valence-corrected chi connectivity index (χ2v) is 13.8. The van der Waals surface area contributed by atoms with Crippen molar-refractivity contribution >= 4 is 44.8 Å². The van der Waals surface area contributed by atoms with Crippen molar-refractivity contribution in [3.8, 4) is 0 Å². The van der Waals surface area contributed by atoms with Crippen LogP contribution < -0.4 is 20.1 Å². The van der Waals surface area contributed by atoms with E-state index in [0.29, 0.717) is 22.3 Å². The minimum Gasteiger partial charge on any atom is -0.375 e. The maximum Gasteiger partial charge on any atom is 0.321 e. The van der Waals surface area contributed by atoms with E-state index in [2.05, 4.69) is 16.1 Å². The van der Waals surface area contributed by atoms with Crippen molar-refractivity contribution in [1.82, 2.24) is 20.1 Å². The third kappa shape index (κ3) is 6.46. The largest absolute Gasteiger partial charge is 0.375 e. The summed E-state index contributed by atoms with van der Waals surface area (Å²) >= 11 is 12.4. The molecular weight excluding hydrogens is 583 g/mol. The van der Waals surface area contributed by atoms with E-state index in [1.807, 2.05) is 54.6 Å². The lowest BCUT2D eigenvalue weighted by molar-refractivity contribution is -0.127. The summed E-state index contributed by atoms with van der Waals surface area (Å²) in [7, 11) is -3.84. The van der Waals surface area contributed by atoms with Crippen LogP contribution in [0, 0.1) is 0 Å². The zero-order valence-electron chi connectivity index (χ0n) is 22.9. The van der Waals surface area contributed by atoms with Crippen LogP contribution in [0.2, 0.25) is 10.0 Å². The van der Waals surface area contributed by atoms with Gasteiger partial charge in [-0.05, 0) is 55.3 Å². The average Bonchev–Trinajstić information content (AvgIpc) is 3.21. The number of piperidine rings is 1. The van der Waals surface area contributed by atoms with Gasteiger partial charge >= 0.3 is 10.0 Å². The van der Waals surface area contributed by atoms with E-state index < -0.39 is 26.0 Å². The predicted octanol–water partition coefficient (Wildman–Crippen LogP) is 4.30. The lowest BCUT2D eigenvalue weighted by Crippen LogP contribution is -2.68. The Morgan fingerprint density at radius 3 is 2.34 bits per heavy atom. The molecule has 2 unspecified atom stereocenters. The summed E-state index contributed by atoms with van der Waals surface area (Å²) in [5.41, 5.74) is 5.93. The first-order valence-corrected chi connectivity index (χ1v) is 16.2. The molecule has 2 aliphatic rings. The van der Waals surface area contributed by atoms with Gasteiger partial charge in [-0.25, -0.2) is 0 Å². The zero-order chi connectivity index (χ0) is 29.1. The highest BCUT2D eigenvalue weighted by molar-refractivity contribution is 7.90. The van der Waals surface area contributed by atoms with Crippen LogP contribution in [0.25, 0.3) is 0 Å². The fraction of sp³-hybridized carbons (Fsp3) is 0.367. The number of rotatable bonds is 10. The molecule has 3 N–H and O–H groups in total. The Hall–Kier alpha value is -2.50. The SMILES string of the molecule is CS(=O)(=O)[N+]1(NC(=O)C(COCc2ccccc2)NCc2cc(Cl)cc(Cl)c2)CC2(CCNCC2)c2ccccc21. The van der Waals surface area contributed by atoms with Crippen LogP contribution in [-0.4, -0.2) is 52.9 Å². The maximum atomic E-state index is 14.0. The molecule has 3 aromatic carbocycles. The Labute approximate surface area is 251 Å². The number of para-hydroxylation sites is 1. The van der Waals surface area contributed by atoms with Gasteiger partial charge in [-0.15, -0.1) is 0 Å². The van der Waals surface area contributed by atoms with Crippen LogP contribution in [0.4, 0.5) is 5.69 Å². The van der Waals surface area contributed by atoms with Crippen LogP contribution in [-0.2, 0) is 38.1 Å². The summed E-state index contributed by atoms with van der Waals surface area (Å²) in [6.45, 7) is 2.41. The normalized spacial score (nSPS) is 20.5. The van der Waals surface area contributed by atoms with Crippen molar-refractivity contribution < 1.29 is 17.9 Å². The second kappa shape index (κ2) is 12.4. The van der Waals surface area contributed by atoms with E-state index in [1.165, 1.54) is 6.26 Å². The summed E-state index contributed by atoms with van der Waals surface area (Å²) in [6, 6.07) is 21.5. The van der Waals surface area contributed by atoms with Gasteiger partial charge in [-0.2, -0.15) is 13.8 Å². The Bertz CT molecular complexity index is 1480. The Kier molecular flexibility index (Phi) is 9.06. The number of halogens is 2. The van der Waals surface area contributed by atoms with E-state index in [4.69, 9.17) is 27.9 Å². The molecule has 8 nitrogen and oxygen atoms in total. The van der Waals surface area contributed by atoms with Crippen molar-refractivity contribution in [3.05, 3.63) is 99.5 Å². The number of ether oxygens (including phenoxy) is 1. The molecule has 0 aliphatic carbocycles. The van der Waals surface area contributed by atoms with E-state index in [1.54, 1.807) is 18.2 Å². The van der Waals surface area contributed by atoms with E-state index in [0.717, 1.165) is 42.6 Å². The number of hydrogen-bond acceptors (Lipinski definition) is 6. The molecule has 1 amide bonds. The number of nitrogens with one attached hydrogen (secondary N) is 3. The molecule has 0 saturated carbocycles. The van der Waals surface area contributed by atoms with Gasteiger partial charge in [0.15, 0.2) is 5.69 Å². The van der Waals surface area contributed by atoms with Crippen LogP contribution in [0.5, 0.6) is 0 Å². The van der Waals surface area contributed by atoms with E-state index in [9.17, 15) is 13.2 Å². The smallest absolute Gasteiger partial charge is 0.321 e. The highest BCUT2D eigenvalue weighted by Crippen LogP contribution is 2.50. The summed E-state index contributed by atoms with van der Waals surface area (Å²) in [4.78, 5) is 14.0. The van der Waals surface area contributed by atoms with Gasteiger partial charge in [0.2, 0.25) is 0 Å². The molecular formula is C30H35Cl2N4O4S+. The number of quaternary nitrogens is 1. The van der Waals surface area contributed by atoms with Gasteiger partial charge in [0, 0.05) is 28.2 Å². The van der Waals surface area contributed by atoms with Gasteiger partial charge in [0.05, 0.1) is 24.9 Å². The van der Waals surface area contributed by atoms with Crippen molar-refractivity contribution in [3.63, 3.8) is 0 Å². The molecule has 11 heteroatoms. The number of carbonyl (C=O) groups excluding carboxylic acids is 1. The van der Waals surface area contributed by atoms with E-state index >= 15 is 0 Å². The fourth-order valence-electron chi connectivity index (χ4n) is 5.95. The molecule has 0 aromatic heterocycles. The van der Waals surface area contributed by atoms with Crippen molar-refractivity contribution in [2.45, 2.75) is 37.5 Å². The maximum absolute atomic E-state index is 14.0. The lowest BCUT2D eigenvalue weighted by Gasteiger charge is -2.36. The van der Waals surface area contributed by atoms with Gasteiger partial charge in [-0.3, -0.25) is 10.1 Å². The van der Waals surface area contributed by atoms with Crippen molar-refractivity contribution in [1.29, 1.82) is 0 Å². The first kappa shape index (κ1) is 30.0. The second-order valence-electron chi connectivity index (χ2n) is 10.9. The molecule has 5 rings (SSSR count). The summed E-state index contributed by atoms with van der Waals surface area (Å²) < 4.78 is 32.6.